The Hall–Kier alpha value is -2.77. The maximum Gasteiger partial charge on any atom is 0.322 e. The van der Waals surface area contributed by atoms with E-state index in [1.807, 2.05) is 6.07 Å². The second-order valence-corrected chi connectivity index (χ2v) is 7.31. The molecule has 0 spiro atoms. The monoisotopic (exact) mass is 417 g/mol. The molecule has 4 rings (SSSR count). The maximum atomic E-state index is 12.8. The number of rotatable bonds is 2. The van der Waals surface area contributed by atoms with Crippen LogP contribution in [-0.4, -0.2) is 57.9 Å². The van der Waals surface area contributed by atoms with Crippen LogP contribution in [0.4, 0.5) is 10.5 Å². The summed E-state index contributed by atoms with van der Waals surface area (Å²) in [6, 6.07) is 10.0. The molecule has 3 aromatic rings. The summed E-state index contributed by atoms with van der Waals surface area (Å²) < 4.78 is 0. The standard InChI is InChI=1S/C19H17Cl2N5O2/c20-13-2-3-14(21)16(10-13)24-19(28)26-7-5-25(6-8-26)18(27)12-1-4-15-17(9-12)23-11-22-15/h1-4,9-11H,5-8H2,(H,22,23)(H,24,28). The van der Waals surface area contributed by atoms with Gasteiger partial charge in [-0.25, -0.2) is 9.78 Å². The van der Waals surface area contributed by atoms with Crippen molar-refractivity contribution in [2.24, 2.45) is 0 Å². The molecule has 0 unspecified atom stereocenters. The van der Waals surface area contributed by atoms with Gasteiger partial charge in [0.1, 0.15) is 0 Å². The minimum Gasteiger partial charge on any atom is -0.345 e. The summed E-state index contributed by atoms with van der Waals surface area (Å²) >= 11 is 12.0. The number of piperazine rings is 1. The molecule has 1 aliphatic heterocycles. The molecule has 1 aliphatic rings. The van der Waals surface area contributed by atoms with Crippen molar-refractivity contribution >= 4 is 51.9 Å². The van der Waals surface area contributed by atoms with E-state index in [1.54, 1.807) is 46.5 Å². The molecule has 28 heavy (non-hydrogen) atoms. The zero-order chi connectivity index (χ0) is 19.7. The van der Waals surface area contributed by atoms with Gasteiger partial charge in [0.05, 0.1) is 28.1 Å². The van der Waals surface area contributed by atoms with Crippen LogP contribution in [0.1, 0.15) is 10.4 Å². The predicted molar refractivity (Wildman–Crippen MR) is 109 cm³/mol. The Labute approximate surface area is 171 Å². The van der Waals surface area contributed by atoms with Gasteiger partial charge in [-0.05, 0) is 36.4 Å². The quantitative estimate of drug-likeness (QED) is 0.663. The van der Waals surface area contributed by atoms with Gasteiger partial charge in [0, 0.05) is 36.8 Å². The van der Waals surface area contributed by atoms with Gasteiger partial charge in [-0.3, -0.25) is 4.79 Å². The molecule has 2 N–H and O–H groups in total. The second-order valence-electron chi connectivity index (χ2n) is 6.47. The molecule has 0 bridgehead atoms. The van der Waals surface area contributed by atoms with E-state index in [0.717, 1.165) is 11.0 Å². The van der Waals surface area contributed by atoms with Gasteiger partial charge >= 0.3 is 6.03 Å². The second kappa shape index (κ2) is 7.69. The lowest BCUT2D eigenvalue weighted by molar-refractivity contribution is 0.0672. The van der Waals surface area contributed by atoms with Crippen molar-refractivity contribution in [1.82, 2.24) is 19.8 Å². The number of benzene rings is 2. The summed E-state index contributed by atoms with van der Waals surface area (Å²) in [6.45, 7) is 1.78. The Morgan fingerprint density at radius 3 is 2.54 bits per heavy atom. The van der Waals surface area contributed by atoms with Crippen molar-refractivity contribution in [3.05, 3.63) is 58.3 Å². The zero-order valence-electron chi connectivity index (χ0n) is 14.8. The Bertz CT molecular complexity index is 1040. The van der Waals surface area contributed by atoms with Gasteiger partial charge in [-0.1, -0.05) is 23.2 Å². The van der Waals surface area contributed by atoms with Crippen LogP contribution in [-0.2, 0) is 0 Å². The fraction of sp³-hybridized carbons (Fsp3) is 0.211. The van der Waals surface area contributed by atoms with E-state index in [9.17, 15) is 9.59 Å². The van der Waals surface area contributed by atoms with Crippen LogP contribution in [0.25, 0.3) is 11.0 Å². The maximum absolute atomic E-state index is 12.8. The predicted octanol–water partition coefficient (Wildman–Crippen LogP) is 3.86. The summed E-state index contributed by atoms with van der Waals surface area (Å²) in [5.41, 5.74) is 2.70. The lowest BCUT2D eigenvalue weighted by Gasteiger charge is -2.34. The smallest absolute Gasteiger partial charge is 0.322 e. The Kier molecular flexibility index (Phi) is 5.11. The van der Waals surface area contributed by atoms with Crippen LogP contribution < -0.4 is 5.32 Å². The van der Waals surface area contributed by atoms with Crippen LogP contribution in [0.3, 0.4) is 0 Å². The Morgan fingerprint density at radius 1 is 1.00 bits per heavy atom. The highest BCUT2D eigenvalue weighted by Crippen LogP contribution is 2.26. The molecule has 3 amide bonds. The first-order valence-corrected chi connectivity index (χ1v) is 9.50. The molecule has 0 aliphatic carbocycles. The molecule has 1 saturated heterocycles. The average Bonchev–Trinajstić information content (AvgIpc) is 3.18. The van der Waals surface area contributed by atoms with Gasteiger partial charge in [-0.15, -0.1) is 0 Å². The Morgan fingerprint density at radius 2 is 1.75 bits per heavy atom. The minimum absolute atomic E-state index is 0.0607. The van der Waals surface area contributed by atoms with E-state index in [2.05, 4.69) is 15.3 Å². The van der Waals surface area contributed by atoms with E-state index in [4.69, 9.17) is 23.2 Å². The number of anilines is 1. The number of aromatic nitrogens is 2. The Balaban J connectivity index is 1.37. The largest absolute Gasteiger partial charge is 0.345 e. The molecule has 1 aromatic heterocycles. The van der Waals surface area contributed by atoms with E-state index in [0.29, 0.717) is 47.5 Å². The number of carbonyl (C=O) groups is 2. The normalized spacial score (nSPS) is 14.4. The highest BCUT2D eigenvalue weighted by Gasteiger charge is 2.25. The number of urea groups is 1. The van der Waals surface area contributed by atoms with E-state index in [-0.39, 0.29) is 11.9 Å². The highest BCUT2D eigenvalue weighted by molar-refractivity contribution is 6.35. The molecule has 0 atom stereocenters. The summed E-state index contributed by atoms with van der Waals surface area (Å²) in [4.78, 5) is 35.8. The lowest BCUT2D eigenvalue weighted by atomic mass is 10.1. The van der Waals surface area contributed by atoms with Gasteiger partial charge in [-0.2, -0.15) is 0 Å². The number of nitrogens with one attached hydrogen (secondary N) is 2. The first-order chi connectivity index (χ1) is 13.5. The fourth-order valence-corrected chi connectivity index (χ4v) is 3.49. The van der Waals surface area contributed by atoms with Crippen LogP contribution in [0.2, 0.25) is 10.0 Å². The summed E-state index contributed by atoms with van der Waals surface area (Å²) in [5.74, 6) is -0.0607. The third-order valence-corrected chi connectivity index (χ3v) is 5.26. The molecule has 2 aromatic carbocycles. The zero-order valence-corrected chi connectivity index (χ0v) is 16.3. The van der Waals surface area contributed by atoms with Crippen LogP contribution in [0.5, 0.6) is 0 Å². The third kappa shape index (κ3) is 3.76. The van der Waals surface area contributed by atoms with Crippen molar-refractivity contribution in [1.29, 1.82) is 0 Å². The third-order valence-electron chi connectivity index (χ3n) is 4.69. The number of fused-ring (bicyclic) bond motifs is 1. The van der Waals surface area contributed by atoms with Gasteiger partial charge in [0.15, 0.2) is 0 Å². The molecule has 1 fully saturated rings. The average molecular weight is 418 g/mol. The van der Waals surface area contributed by atoms with Crippen LogP contribution >= 0.6 is 23.2 Å². The van der Waals surface area contributed by atoms with Crippen molar-refractivity contribution < 1.29 is 9.59 Å². The summed E-state index contributed by atoms with van der Waals surface area (Å²) in [7, 11) is 0. The molecule has 144 valence electrons. The van der Waals surface area contributed by atoms with Crippen molar-refractivity contribution in [3.8, 4) is 0 Å². The molecule has 0 radical (unpaired) electrons. The van der Waals surface area contributed by atoms with Crippen LogP contribution in [0.15, 0.2) is 42.7 Å². The van der Waals surface area contributed by atoms with E-state index in [1.165, 1.54) is 0 Å². The first kappa shape index (κ1) is 18.6. The summed E-state index contributed by atoms with van der Waals surface area (Å²) in [5, 5.41) is 3.68. The van der Waals surface area contributed by atoms with E-state index < -0.39 is 0 Å². The number of hydrogen-bond acceptors (Lipinski definition) is 3. The number of hydrogen-bond donors (Lipinski definition) is 2. The van der Waals surface area contributed by atoms with Crippen molar-refractivity contribution in [3.63, 3.8) is 0 Å². The summed E-state index contributed by atoms with van der Waals surface area (Å²) in [6.07, 6.45) is 1.60. The number of halogens is 2. The molecular formula is C19H17Cl2N5O2. The van der Waals surface area contributed by atoms with Gasteiger partial charge in [0.2, 0.25) is 0 Å². The number of H-pyrrole nitrogens is 1. The topological polar surface area (TPSA) is 81.3 Å². The SMILES string of the molecule is O=C(Nc1cc(Cl)ccc1Cl)N1CCN(C(=O)c2ccc3nc[nH]c3c2)CC1. The molecular weight excluding hydrogens is 401 g/mol. The minimum atomic E-state index is -0.268. The van der Waals surface area contributed by atoms with E-state index >= 15 is 0 Å². The number of amides is 3. The lowest BCUT2D eigenvalue weighted by Crippen LogP contribution is -2.51. The van der Waals surface area contributed by atoms with Crippen molar-refractivity contribution in [2.75, 3.05) is 31.5 Å². The first-order valence-electron chi connectivity index (χ1n) is 8.74. The van der Waals surface area contributed by atoms with Crippen LogP contribution in [0, 0.1) is 0 Å². The number of imidazole rings is 1. The molecule has 7 nitrogen and oxygen atoms in total. The molecule has 9 heteroatoms. The number of nitrogens with zero attached hydrogens (tertiary/aromatic N) is 3. The fourth-order valence-electron chi connectivity index (χ4n) is 3.15. The number of carbonyl (C=O) groups excluding carboxylic acids is 2. The molecule has 0 saturated carbocycles. The van der Waals surface area contributed by atoms with Gasteiger partial charge < -0.3 is 20.1 Å². The number of aromatic amines is 1. The van der Waals surface area contributed by atoms with Gasteiger partial charge in [0.25, 0.3) is 5.91 Å². The highest BCUT2D eigenvalue weighted by atomic mass is 35.5. The molecule has 2 heterocycles. The van der Waals surface area contributed by atoms with Crippen molar-refractivity contribution in [2.45, 2.75) is 0 Å².